The average Bonchev–Trinajstić information content (AvgIpc) is 2.71. The molecule has 1 amide bonds. The number of nitrogens with zero attached hydrogens (tertiary/aromatic N) is 1. The van der Waals surface area contributed by atoms with E-state index in [9.17, 15) is 14.7 Å². The van der Waals surface area contributed by atoms with E-state index in [2.05, 4.69) is 6.92 Å². The Hall–Kier alpha value is -1.58. The van der Waals surface area contributed by atoms with E-state index in [-0.39, 0.29) is 29.1 Å². The van der Waals surface area contributed by atoms with Gasteiger partial charge in [-0.1, -0.05) is 25.8 Å². The van der Waals surface area contributed by atoms with Crippen LogP contribution in [0.4, 0.5) is 0 Å². The van der Waals surface area contributed by atoms with Gasteiger partial charge in [0.25, 0.3) is 5.91 Å². The molecule has 1 N–H and O–H groups in total. The number of carbonyl (C=O) groups is 2. The quantitative estimate of drug-likeness (QED) is 0.364. The predicted molar refractivity (Wildman–Crippen MR) is 77.3 cm³/mol. The SMILES string of the molecule is CCCCCC=CC(O)=C1C(=O)C2CCCCN2C1=O. The van der Waals surface area contributed by atoms with Crippen molar-refractivity contribution in [3.8, 4) is 0 Å². The normalized spacial score (nSPS) is 25.4. The molecule has 0 saturated carbocycles. The van der Waals surface area contributed by atoms with E-state index >= 15 is 0 Å². The highest BCUT2D eigenvalue weighted by Crippen LogP contribution is 2.30. The second kappa shape index (κ2) is 6.73. The van der Waals surface area contributed by atoms with Crippen LogP contribution in [0.1, 0.15) is 51.9 Å². The lowest BCUT2D eigenvalue weighted by molar-refractivity contribution is -0.128. The van der Waals surface area contributed by atoms with E-state index in [4.69, 9.17) is 0 Å². The van der Waals surface area contributed by atoms with Crippen molar-refractivity contribution in [2.24, 2.45) is 0 Å². The maximum atomic E-state index is 12.2. The van der Waals surface area contributed by atoms with E-state index in [1.54, 1.807) is 4.90 Å². The summed E-state index contributed by atoms with van der Waals surface area (Å²) < 4.78 is 0. The molecule has 0 spiro atoms. The Morgan fingerprint density at radius 2 is 2.15 bits per heavy atom. The Bertz CT molecular complexity index is 425. The van der Waals surface area contributed by atoms with Crippen LogP contribution in [0.5, 0.6) is 0 Å². The third-order valence-corrected chi connectivity index (χ3v) is 4.03. The number of carbonyl (C=O) groups excluding carboxylic acids is 2. The fraction of sp³-hybridized carbons (Fsp3) is 0.625. The van der Waals surface area contributed by atoms with Crippen molar-refractivity contribution in [1.29, 1.82) is 0 Å². The van der Waals surface area contributed by atoms with Crippen LogP contribution in [0.3, 0.4) is 0 Å². The van der Waals surface area contributed by atoms with Gasteiger partial charge in [0, 0.05) is 6.54 Å². The lowest BCUT2D eigenvalue weighted by Gasteiger charge is -2.27. The first-order valence-corrected chi connectivity index (χ1v) is 7.61. The Labute approximate surface area is 120 Å². The average molecular weight is 277 g/mol. The number of Topliss-reactive ketones (excluding diaryl/α,β-unsaturated/α-hetero) is 1. The van der Waals surface area contributed by atoms with Crippen LogP contribution in [0.15, 0.2) is 23.5 Å². The number of unbranched alkanes of at least 4 members (excludes halogenated alkanes) is 3. The second-order valence-corrected chi connectivity index (χ2v) is 5.53. The molecule has 2 aliphatic rings. The monoisotopic (exact) mass is 277 g/mol. The van der Waals surface area contributed by atoms with Crippen LogP contribution < -0.4 is 0 Å². The number of fused-ring (bicyclic) bond motifs is 1. The number of amides is 1. The van der Waals surface area contributed by atoms with E-state index in [0.29, 0.717) is 6.54 Å². The van der Waals surface area contributed by atoms with Gasteiger partial charge in [-0.2, -0.15) is 0 Å². The van der Waals surface area contributed by atoms with E-state index in [1.165, 1.54) is 6.08 Å². The minimum absolute atomic E-state index is 0.0105. The van der Waals surface area contributed by atoms with Crippen molar-refractivity contribution in [1.82, 2.24) is 4.90 Å². The van der Waals surface area contributed by atoms with Crippen molar-refractivity contribution in [3.63, 3.8) is 0 Å². The highest BCUT2D eigenvalue weighted by molar-refractivity contribution is 6.27. The first kappa shape index (κ1) is 14.8. The van der Waals surface area contributed by atoms with Crippen molar-refractivity contribution in [2.45, 2.75) is 57.9 Å². The number of rotatable bonds is 5. The Morgan fingerprint density at radius 1 is 1.35 bits per heavy atom. The number of aliphatic hydroxyl groups is 1. The highest BCUT2D eigenvalue weighted by Gasteiger charge is 2.45. The lowest BCUT2D eigenvalue weighted by Crippen LogP contribution is -2.39. The lowest BCUT2D eigenvalue weighted by atomic mass is 10.0. The number of allylic oxidation sites excluding steroid dienone is 2. The zero-order valence-electron chi connectivity index (χ0n) is 12.1. The molecule has 110 valence electrons. The molecule has 0 aliphatic carbocycles. The van der Waals surface area contributed by atoms with E-state index in [0.717, 1.165) is 44.9 Å². The van der Waals surface area contributed by atoms with Crippen LogP contribution in [0.25, 0.3) is 0 Å². The zero-order chi connectivity index (χ0) is 14.5. The molecule has 0 bridgehead atoms. The number of hydrogen-bond donors (Lipinski definition) is 1. The van der Waals surface area contributed by atoms with Crippen molar-refractivity contribution >= 4 is 11.7 Å². The predicted octanol–water partition coefficient (Wildman–Crippen LogP) is 2.90. The molecule has 0 aromatic heterocycles. The molecule has 0 aromatic rings. The van der Waals surface area contributed by atoms with Gasteiger partial charge >= 0.3 is 0 Å². The van der Waals surface area contributed by atoms with Crippen LogP contribution >= 0.6 is 0 Å². The summed E-state index contributed by atoms with van der Waals surface area (Å²) in [5.74, 6) is -0.660. The summed E-state index contributed by atoms with van der Waals surface area (Å²) >= 11 is 0. The van der Waals surface area contributed by atoms with E-state index in [1.807, 2.05) is 6.08 Å². The Balaban J connectivity index is 2.07. The Morgan fingerprint density at radius 3 is 2.85 bits per heavy atom. The molecule has 2 rings (SSSR count). The standard InChI is InChI=1S/C16H23NO3/c1-2-3-4-5-6-10-13(18)14-15(19)12-9-7-8-11-17(12)16(14)20/h6,10,12,18H,2-5,7-9,11H2,1H3. The zero-order valence-corrected chi connectivity index (χ0v) is 12.1. The summed E-state index contributed by atoms with van der Waals surface area (Å²) in [5, 5.41) is 10.0. The molecule has 4 nitrogen and oxygen atoms in total. The molecule has 20 heavy (non-hydrogen) atoms. The van der Waals surface area contributed by atoms with Gasteiger partial charge in [-0.3, -0.25) is 9.59 Å². The molecule has 4 heteroatoms. The minimum atomic E-state index is -0.332. The summed E-state index contributed by atoms with van der Waals surface area (Å²) in [5.41, 5.74) is -0.0105. The number of aliphatic hydroxyl groups excluding tert-OH is 1. The molecule has 1 unspecified atom stereocenters. The summed E-state index contributed by atoms with van der Waals surface area (Å²) in [6.45, 7) is 2.77. The van der Waals surface area contributed by atoms with Gasteiger partial charge in [-0.05, 0) is 38.2 Å². The topological polar surface area (TPSA) is 57.6 Å². The fourth-order valence-electron chi connectivity index (χ4n) is 2.89. The number of hydrogen-bond acceptors (Lipinski definition) is 3. The maximum absolute atomic E-state index is 12.2. The summed E-state index contributed by atoms with van der Waals surface area (Å²) in [6, 6.07) is -0.332. The third kappa shape index (κ3) is 2.94. The van der Waals surface area contributed by atoms with Crippen molar-refractivity contribution < 1.29 is 14.7 Å². The molecule has 2 aliphatic heterocycles. The second-order valence-electron chi connectivity index (χ2n) is 5.53. The van der Waals surface area contributed by atoms with Gasteiger partial charge in [0.2, 0.25) is 0 Å². The van der Waals surface area contributed by atoms with Gasteiger partial charge in [-0.15, -0.1) is 0 Å². The molecule has 1 atom stereocenters. The molecular weight excluding hydrogens is 254 g/mol. The van der Waals surface area contributed by atoms with Crippen molar-refractivity contribution in [2.75, 3.05) is 6.54 Å². The van der Waals surface area contributed by atoms with Crippen LogP contribution in [-0.2, 0) is 9.59 Å². The number of ketones is 1. The molecule has 2 saturated heterocycles. The number of piperidine rings is 1. The third-order valence-electron chi connectivity index (χ3n) is 4.03. The molecule has 2 fully saturated rings. The summed E-state index contributed by atoms with van der Waals surface area (Å²) in [6.07, 6.45) is 10.2. The first-order valence-electron chi connectivity index (χ1n) is 7.61. The van der Waals surface area contributed by atoms with Crippen LogP contribution in [0, 0.1) is 0 Å². The van der Waals surface area contributed by atoms with E-state index < -0.39 is 0 Å². The van der Waals surface area contributed by atoms with Crippen LogP contribution in [-0.4, -0.2) is 34.3 Å². The van der Waals surface area contributed by atoms with Gasteiger partial charge in [0.05, 0.1) is 6.04 Å². The fourth-order valence-corrected chi connectivity index (χ4v) is 2.89. The maximum Gasteiger partial charge on any atom is 0.261 e. The smallest absolute Gasteiger partial charge is 0.261 e. The van der Waals surface area contributed by atoms with Gasteiger partial charge in [-0.25, -0.2) is 0 Å². The molecule has 0 aromatic carbocycles. The van der Waals surface area contributed by atoms with Crippen molar-refractivity contribution in [3.05, 3.63) is 23.5 Å². The molecule has 0 radical (unpaired) electrons. The van der Waals surface area contributed by atoms with Crippen LogP contribution in [0.2, 0.25) is 0 Å². The highest BCUT2D eigenvalue weighted by atomic mass is 16.3. The molecular formula is C16H23NO3. The Kier molecular flexibility index (Phi) is 4.99. The first-order chi connectivity index (χ1) is 9.66. The summed E-state index contributed by atoms with van der Waals surface area (Å²) in [7, 11) is 0. The van der Waals surface area contributed by atoms with Gasteiger partial charge in [0.1, 0.15) is 11.3 Å². The van der Waals surface area contributed by atoms with Gasteiger partial charge < -0.3 is 10.0 Å². The summed E-state index contributed by atoms with van der Waals surface area (Å²) in [4.78, 5) is 26.0. The minimum Gasteiger partial charge on any atom is -0.507 e. The van der Waals surface area contributed by atoms with Gasteiger partial charge in [0.15, 0.2) is 5.78 Å². The molecule has 2 heterocycles. The largest absolute Gasteiger partial charge is 0.507 e.